The maximum Gasteiger partial charge on any atom is 0.198 e. The summed E-state index contributed by atoms with van der Waals surface area (Å²) in [7, 11) is 0. The Hall–Kier alpha value is -1.35. The van der Waals surface area contributed by atoms with Gasteiger partial charge in [0.25, 0.3) is 0 Å². The van der Waals surface area contributed by atoms with E-state index in [9.17, 15) is 0 Å². The van der Waals surface area contributed by atoms with Crippen LogP contribution in [0.15, 0.2) is 16.5 Å². The fourth-order valence-corrected chi connectivity index (χ4v) is 2.64. The molecule has 2 aromatic rings. The first-order valence-corrected chi connectivity index (χ1v) is 6.32. The van der Waals surface area contributed by atoms with Crippen molar-refractivity contribution in [1.82, 2.24) is 10.3 Å². The predicted octanol–water partition coefficient (Wildman–Crippen LogP) is 2.91. The molecule has 0 bridgehead atoms. The minimum Gasteiger partial charge on any atom is -0.440 e. The van der Waals surface area contributed by atoms with Gasteiger partial charge in [0.05, 0.1) is 0 Å². The van der Waals surface area contributed by atoms with Crippen molar-refractivity contribution in [1.29, 1.82) is 0 Å². The molecule has 1 aliphatic rings. The standard InChI is InChI=1S/C14H18N2O/c1-9-7-10(2)13-12(8-9)16-14(17-13)11-3-5-15-6-4-11/h7-8,11,15H,3-6H2,1-2H3. The van der Waals surface area contributed by atoms with Crippen LogP contribution in [0.4, 0.5) is 0 Å². The van der Waals surface area contributed by atoms with Crippen LogP contribution in [-0.4, -0.2) is 18.1 Å². The van der Waals surface area contributed by atoms with Crippen LogP contribution in [0.3, 0.4) is 0 Å². The Balaban J connectivity index is 2.03. The second-order valence-electron chi connectivity index (χ2n) is 5.01. The predicted molar refractivity (Wildman–Crippen MR) is 68.3 cm³/mol. The fraction of sp³-hybridized carbons (Fsp3) is 0.500. The van der Waals surface area contributed by atoms with Gasteiger partial charge < -0.3 is 9.73 Å². The van der Waals surface area contributed by atoms with Gasteiger partial charge in [-0.05, 0) is 57.0 Å². The quantitative estimate of drug-likeness (QED) is 0.818. The number of nitrogens with one attached hydrogen (secondary N) is 1. The molecular weight excluding hydrogens is 212 g/mol. The highest BCUT2D eigenvalue weighted by molar-refractivity contribution is 5.77. The van der Waals surface area contributed by atoms with Gasteiger partial charge in [-0.15, -0.1) is 0 Å². The van der Waals surface area contributed by atoms with Gasteiger partial charge in [-0.2, -0.15) is 0 Å². The normalized spacial score (nSPS) is 17.8. The smallest absolute Gasteiger partial charge is 0.198 e. The molecule has 0 radical (unpaired) electrons. The van der Waals surface area contributed by atoms with Crippen LogP contribution in [0.25, 0.3) is 11.1 Å². The Labute approximate surface area is 101 Å². The second kappa shape index (κ2) is 4.15. The van der Waals surface area contributed by atoms with Crippen molar-refractivity contribution in [2.24, 2.45) is 0 Å². The van der Waals surface area contributed by atoms with E-state index in [4.69, 9.17) is 4.42 Å². The Morgan fingerprint density at radius 1 is 1.24 bits per heavy atom. The fourth-order valence-electron chi connectivity index (χ4n) is 2.64. The van der Waals surface area contributed by atoms with Crippen LogP contribution >= 0.6 is 0 Å². The van der Waals surface area contributed by atoms with Gasteiger partial charge in [0.2, 0.25) is 0 Å². The average Bonchev–Trinajstić information content (AvgIpc) is 2.74. The first-order valence-electron chi connectivity index (χ1n) is 6.32. The minimum absolute atomic E-state index is 0.489. The summed E-state index contributed by atoms with van der Waals surface area (Å²) in [5.74, 6) is 1.42. The lowest BCUT2D eigenvalue weighted by Crippen LogP contribution is -2.26. The summed E-state index contributed by atoms with van der Waals surface area (Å²) in [6, 6.07) is 4.26. The first kappa shape index (κ1) is 10.8. The van der Waals surface area contributed by atoms with E-state index < -0.39 is 0 Å². The van der Waals surface area contributed by atoms with E-state index in [0.717, 1.165) is 42.9 Å². The molecule has 1 aromatic carbocycles. The van der Waals surface area contributed by atoms with Crippen LogP contribution in [0.2, 0.25) is 0 Å². The Morgan fingerprint density at radius 3 is 2.76 bits per heavy atom. The van der Waals surface area contributed by atoms with Crippen LogP contribution < -0.4 is 5.32 Å². The molecule has 1 N–H and O–H groups in total. The molecule has 1 aromatic heterocycles. The number of piperidine rings is 1. The third kappa shape index (κ3) is 1.95. The van der Waals surface area contributed by atoms with E-state index >= 15 is 0 Å². The molecule has 1 fully saturated rings. The molecule has 3 rings (SSSR count). The van der Waals surface area contributed by atoms with Gasteiger partial charge in [0.1, 0.15) is 5.52 Å². The van der Waals surface area contributed by atoms with Crippen molar-refractivity contribution >= 4 is 11.1 Å². The summed E-state index contributed by atoms with van der Waals surface area (Å²) in [6.07, 6.45) is 2.26. The number of benzene rings is 1. The number of oxazole rings is 1. The number of aromatic nitrogens is 1. The zero-order valence-electron chi connectivity index (χ0n) is 10.4. The van der Waals surface area contributed by atoms with Gasteiger partial charge in [-0.3, -0.25) is 0 Å². The third-order valence-electron chi connectivity index (χ3n) is 3.53. The van der Waals surface area contributed by atoms with Crippen LogP contribution in [0, 0.1) is 13.8 Å². The van der Waals surface area contributed by atoms with E-state index in [1.54, 1.807) is 0 Å². The zero-order chi connectivity index (χ0) is 11.8. The number of nitrogens with zero attached hydrogens (tertiary/aromatic N) is 1. The van der Waals surface area contributed by atoms with Crippen molar-refractivity contribution in [3.8, 4) is 0 Å². The van der Waals surface area contributed by atoms with Crippen LogP contribution in [0.1, 0.15) is 35.8 Å². The van der Waals surface area contributed by atoms with Crippen molar-refractivity contribution < 1.29 is 4.42 Å². The molecule has 0 atom stereocenters. The van der Waals surface area contributed by atoms with Crippen molar-refractivity contribution in [3.63, 3.8) is 0 Å². The van der Waals surface area contributed by atoms with E-state index in [0.29, 0.717) is 5.92 Å². The summed E-state index contributed by atoms with van der Waals surface area (Å²) in [5.41, 5.74) is 4.41. The summed E-state index contributed by atoms with van der Waals surface area (Å²) < 4.78 is 5.95. The topological polar surface area (TPSA) is 38.1 Å². The number of hydrogen-bond acceptors (Lipinski definition) is 3. The minimum atomic E-state index is 0.489. The average molecular weight is 230 g/mol. The second-order valence-corrected chi connectivity index (χ2v) is 5.01. The molecule has 1 saturated heterocycles. The number of fused-ring (bicyclic) bond motifs is 1. The maximum absolute atomic E-state index is 5.95. The summed E-state index contributed by atoms with van der Waals surface area (Å²) in [6.45, 7) is 6.33. The number of hydrogen-bond donors (Lipinski definition) is 1. The van der Waals surface area contributed by atoms with Crippen LogP contribution in [0.5, 0.6) is 0 Å². The molecule has 3 heteroatoms. The Kier molecular flexibility index (Phi) is 2.63. The molecule has 3 nitrogen and oxygen atoms in total. The number of aryl methyl sites for hydroxylation is 2. The van der Waals surface area contributed by atoms with Gasteiger partial charge in [0.15, 0.2) is 11.5 Å². The van der Waals surface area contributed by atoms with Crippen LogP contribution in [-0.2, 0) is 0 Å². The highest BCUT2D eigenvalue weighted by Gasteiger charge is 2.21. The molecule has 0 amide bonds. The van der Waals surface area contributed by atoms with Crippen molar-refractivity contribution in [3.05, 3.63) is 29.2 Å². The Bertz CT molecular complexity index is 538. The summed E-state index contributed by atoms with van der Waals surface area (Å²) in [5, 5.41) is 3.37. The lowest BCUT2D eigenvalue weighted by Gasteiger charge is -2.19. The SMILES string of the molecule is Cc1cc(C)c2oc(C3CCNCC3)nc2c1. The molecule has 0 aliphatic carbocycles. The van der Waals surface area contributed by atoms with Gasteiger partial charge >= 0.3 is 0 Å². The monoisotopic (exact) mass is 230 g/mol. The zero-order valence-corrected chi connectivity index (χ0v) is 10.4. The molecular formula is C14H18N2O. The molecule has 17 heavy (non-hydrogen) atoms. The van der Waals surface area contributed by atoms with E-state index in [1.807, 2.05) is 0 Å². The molecule has 90 valence electrons. The van der Waals surface area contributed by atoms with E-state index in [-0.39, 0.29) is 0 Å². The van der Waals surface area contributed by atoms with Gasteiger partial charge in [-0.1, -0.05) is 6.07 Å². The van der Waals surface area contributed by atoms with E-state index in [2.05, 4.69) is 36.3 Å². The first-order chi connectivity index (χ1) is 8.24. The molecule has 2 heterocycles. The molecule has 0 spiro atoms. The summed E-state index contributed by atoms with van der Waals surface area (Å²) in [4.78, 5) is 4.66. The Morgan fingerprint density at radius 2 is 2.00 bits per heavy atom. The van der Waals surface area contributed by atoms with Gasteiger partial charge in [-0.25, -0.2) is 4.98 Å². The lowest BCUT2D eigenvalue weighted by molar-refractivity contribution is 0.385. The van der Waals surface area contributed by atoms with Crippen molar-refractivity contribution in [2.75, 3.05) is 13.1 Å². The molecule has 0 unspecified atom stereocenters. The van der Waals surface area contributed by atoms with Gasteiger partial charge in [0, 0.05) is 5.92 Å². The largest absolute Gasteiger partial charge is 0.440 e. The van der Waals surface area contributed by atoms with E-state index in [1.165, 1.54) is 11.1 Å². The third-order valence-corrected chi connectivity index (χ3v) is 3.53. The summed E-state index contributed by atoms with van der Waals surface area (Å²) >= 11 is 0. The maximum atomic E-state index is 5.95. The molecule has 1 aliphatic heterocycles. The highest BCUT2D eigenvalue weighted by atomic mass is 16.3. The highest BCUT2D eigenvalue weighted by Crippen LogP contribution is 2.29. The lowest BCUT2D eigenvalue weighted by atomic mass is 9.98. The number of rotatable bonds is 1. The van der Waals surface area contributed by atoms with Crippen molar-refractivity contribution in [2.45, 2.75) is 32.6 Å². The molecule has 0 saturated carbocycles.